The molecule has 0 bridgehead atoms. The molecule has 1 aliphatic heterocycles. The van der Waals surface area contributed by atoms with Gasteiger partial charge in [0.25, 0.3) is 0 Å². The van der Waals surface area contributed by atoms with Crippen molar-refractivity contribution in [1.29, 1.82) is 0 Å². The number of nitrogens with zero attached hydrogens (tertiary/aromatic N) is 1. The van der Waals surface area contributed by atoms with Gasteiger partial charge in [0.1, 0.15) is 17.3 Å². The number of rotatable bonds is 3. The fourth-order valence-electron chi connectivity index (χ4n) is 2.75. The van der Waals surface area contributed by atoms with Crippen LogP contribution >= 0.6 is 0 Å². The number of hydrogen-bond acceptors (Lipinski definition) is 2. The van der Waals surface area contributed by atoms with E-state index in [9.17, 15) is 8.78 Å². The predicted molar refractivity (Wildman–Crippen MR) is 78.9 cm³/mol. The summed E-state index contributed by atoms with van der Waals surface area (Å²) >= 11 is 0. The molecule has 0 spiro atoms. The fourth-order valence-corrected chi connectivity index (χ4v) is 2.75. The number of nitrogens with two attached hydrogens (primary N) is 1. The molecule has 0 radical (unpaired) electrons. The third-order valence-corrected chi connectivity index (χ3v) is 4.07. The second kappa shape index (κ2) is 5.68. The van der Waals surface area contributed by atoms with E-state index in [1.54, 1.807) is 0 Å². The summed E-state index contributed by atoms with van der Waals surface area (Å²) in [6, 6.07) is 2.73. The summed E-state index contributed by atoms with van der Waals surface area (Å²) in [4.78, 5) is 1.82. The van der Waals surface area contributed by atoms with Crippen molar-refractivity contribution >= 4 is 5.69 Å². The first-order valence-electron chi connectivity index (χ1n) is 7.27. The number of hydrogen-bond donors (Lipinski definition) is 1. The van der Waals surface area contributed by atoms with Crippen LogP contribution in [0.5, 0.6) is 0 Å². The molecule has 0 amide bonds. The summed E-state index contributed by atoms with van der Waals surface area (Å²) in [6.07, 6.45) is 2.39. The van der Waals surface area contributed by atoms with Crippen molar-refractivity contribution in [2.45, 2.75) is 46.1 Å². The molecule has 2 rings (SSSR count). The first-order chi connectivity index (χ1) is 9.28. The Morgan fingerprint density at radius 3 is 2.15 bits per heavy atom. The third kappa shape index (κ3) is 3.48. The number of benzene rings is 1. The van der Waals surface area contributed by atoms with Crippen LogP contribution in [-0.4, -0.2) is 19.1 Å². The molecule has 1 saturated heterocycles. The zero-order valence-corrected chi connectivity index (χ0v) is 12.5. The van der Waals surface area contributed by atoms with Gasteiger partial charge in [-0.3, -0.25) is 0 Å². The van der Waals surface area contributed by atoms with Gasteiger partial charge >= 0.3 is 0 Å². The van der Waals surface area contributed by atoms with Gasteiger partial charge in [0.15, 0.2) is 0 Å². The van der Waals surface area contributed by atoms with Crippen molar-refractivity contribution in [2.24, 2.45) is 11.1 Å². The summed E-state index contributed by atoms with van der Waals surface area (Å²) in [5.41, 5.74) is 6.68. The van der Waals surface area contributed by atoms with E-state index in [-0.39, 0.29) is 17.1 Å². The lowest BCUT2D eigenvalue weighted by Gasteiger charge is -2.38. The Morgan fingerprint density at radius 1 is 1.20 bits per heavy atom. The minimum Gasteiger partial charge on any atom is -0.367 e. The van der Waals surface area contributed by atoms with Crippen LogP contribution in [0.3, 0.4) is 0 Å². The minimum atomic E-state index is -0.472. The predicted octanol–water partition coefficient (Wildman–Crippen LogP) is 3.48. The monoisotopic (exact) mass is 282 g/mol. The van der Waals surface area contributed by atoms with Gasteiger partial charge in [0.05, 0.1) is 0 Å². The standard InChI is InChI=1S/C16H24F2N2/c1-11(19)8-12-9-13(17)15(14(18)10-12)20-6-4-16(2,3)5-7-20/h9-11H,4-8,19H2,1-3H3. The van der Waals surface area contributed by atoms with E-state index in [1.165, 1.54) is 12.1 Å². The quantitative estimate of drug-likeness (QED) is 0.919. The summed E-state index contributed by atoms with van der Waals surface area (Å²) < 4.78 is 28.4. The second-order valence-corrected chi connectivity index (χ2v) is 6.74. The van der Waals surface area contributed by atoms with E-state index in [2.05, 4.69) is 13.8 Å². The third-order valence-electron chi connectivity index (χ3n) is 4.07. The molecule has 2 nitrogen and oxygen atoms in total. The van der Waals surface area contributed by atoms with Gasteiger partial charge in [0, 0.05) is 19.1 Å². The Bertz CT molecular complexity index is 450. The lowest BCUT2D eigenvalue weighted by molar-refractivity contribution is 0.278. The molecule has 1 aromatic carbocycles. The highest BCUT2D eigenvalue weighted by Gasteiger charge is 2.28. The topological polar surface area (TPSA) is 29.3 Å². The zero-order chi connectivity index (χ0) is 14.9. The van der Waals surface area contributed by atoms with Crippen LogP contribution in [0.4, 0.5) is 14.5 Å². The van der Waals surface area contributed by atoms with Crippen LogP contribution in [-0.2, 0) is 6.42 Å². The van der Waals surface area contributed by atoms with Crippen LogP contribution in [0.25, 0.3) is 0 Å². The average molecular weight is 282 g/mol. The maximum atomic E-state index is 14.2. The van der Waals surface area contributed by atoms with E-state index in [4.69, 9.17) is 5.73 Å². The van der Waals surface area contributed by atoms with Gasteiger partial charge in [-0.2, -0.15) is 0 Å². The lowest BCUT2D eigenvalue weighted by atomic mass is 9.82. The van der Waals surface area contributed by atoms with Gasteiger partial charge < -0.3 is 10.6 Å². The normalized spacial score (nSPS) is 20.0. The SMILES string of the molecule is CC(N)Cc1cc(F)c(N2CCC(C)(C)CC2)c(F)c1. The van der Waals surface area contributed by atoms with E-state index in [0.29, 0.717) is 25.1 Å². The Morgan fingerprint density at radius 2 is 1.70 bits per heavy atom. The van der Waals surface area contributed by atoms with Crippen molar-refractivity contribution in [1.82, 2.24) is 0 Å². The summed E-state index contributed by atoms with van der Waals surface area (Å²) in [5, 5.41) is 0. The van der Waals surface area contributed by atoms with Crippen LogP contribution < -0.4 is 10.6 Å². The fraction of sp³-hybridized carbons (Fsp3) is 0.625. The van der Waals surface area contributed by atoms with Gasteiger partial charge in [-0.1, -0.05) is 13.8 Å². The molecule has 0 aliphatic carbocycles. The molecule has 0 aromatic heterocycles. The van der Waals surface area contributed by atoms with E-state index >= 15 is 0 Å². The zero-order valence-electron chi connectivity index (χ0n) is 12.5. The maximum Gasteiger partial charge on any atom is 0.149 e. The highest BCUT2D eigenvalue weighted by molar-refractivity contribution is 5.51. The number of halogens is 2. The highest BCUT2D eigenvalue weighted by atomic mass is 19.1. The molecule has 20 heavy (non-hydrogen) atoms. The Balaban J connectivity index is 2.20. The molecule has 1 aliphatic rings. The summed E-state index contributed by atoms with van der Waals surface area (Å²) in [7, 11) is 0. The van der Waals surface area contributed by atoms with Crippen LogP contribution in [0, 0.1) is 17.0 Å². The largest absolute Gasteiger partial charge is 0.367 e. The molecular weight excluding hydrogens is 258 g/mol. The lowest BCUT2D eigenvalue weighted by Crippen LogP contribution is -2.38. The van der Waals surface area contributed by atoms with Gasteiger partial charge in [-0.05, 0) is 49.3 Å². The van der Waals surface area contributed by atoms with Crippen LogP contribution in [0.1, 0.15) is 39.2 Å². The Hall–Kier alpha value is -1.16. The molecule has 4 heteroatoms. The molecule has 1 heterocycles. The molecule has 112 valence electrons. The first-order valence-corrected chi connectivity index (χ1v) is 7.27. The van der Waals surface area contributed by atoms with Gasteiger partial charge in [-0.25, -0.2) is 8.78 Å². The average Bonchev–Trinajstić information content (AvgIpc) is 2.29. The van der Waals surface area contributed by atoms with Crippen molar-refractivity contribution in [3.63, 3.8) is 0 Å². The van der Waals surface area contributed by atoms with E-state index in [0.717, 1.165) is 12.8 Å². The molecule has 0 saturated carbocycles. The van der Waals surface area contributed by atoms with Crippen LogP contribution in [0.2, 0.25) is 0 Å². The summed E-state index contributed by atoms with van der Waals surface area (Å²) in [6.45, 7) is 7.63. The van der Waals surface area contributed by atoms with Gasteiger partial charge in [-0.15, -0.1) is 0 Å². The van der Waals surface area contributed by atoms with Gasteiger partial charge in [0.2, 0.25) is 0 Å². The second-order valence-electron chi connectivity index (χ2n) is 6.74. The molecule has 1 aromatic rings. The Labute approximate surface area is 120 Å². The smallest absolute Gasteiger partial charge is 0.149 e. The van der Waals surface area contributed by atoms with Crippen LogP contribution in [0.15, 0.2) is 12.1 Å². The maximum absolute atomic E-state index is 14.2. The highest BCUT2D eigenvalue weighted by Crippen LogP contribution is 2.34. The molecule has 2 N–H and O–H groups in total. The van der Waals surface area contributed by atoms with Crippen molar-refractivity contribution < 1.29 is 8.78 Å². The molecular formula is C16H24F2N2. The van der Waals surface area contributed by atoms with E-state index < -0.39 is 11.6 Å². The number of piperidine rings is 1. The first kappa shape index (κ1) is 15.2. The molecule has 1 atom stereocenters. The van der Waals surface area contributed by atoms with E-state index in [1.807, 2.05) is 11.8 Å². The Kier molecular flexibility index (Phi) is 4.33. The molecule has 1 fully saturated rings. The van der Waals surface area contributed by atoms with Crippen molar-refractivity contribution in [3.8, 4) is 0 Å². The van der Waals surface area contributed by atoms with Crippen molar-refractivity contribution in [3.05, 3.63) is 29.3 Å². The summed E-state index contributed by atoms with van der Waals surface area (Å²) in [5.74, 6) is -0.944. The molecule has 1 unspecified atom stereocenters. The number of anilines is 1. The van der Waals surface area contributed by atoms with Crippen molar-refractivity contribution in [2.75, 3.05) is 18.0 Å². The minimum absolute atomic E-state index is 0.101.